The quantitative estimate of drug-likeness (QED) is 0.916. The Kier molecular flexibility index (Phi) is 3.79. The average molecular weight is 261 g/mol. The molecule has 0 heterocycles. The molecule has 0 unspecified atom stereocenters. The van der Waals surface area contributed by atoms with Crippen molar-refractivity contribution in [2.75, 3.05) is 0 Å². The molecule has 0 fully saturated rings. The Balaban J connectivity index is 2.20. The van der Waals surface area contributed by atoms with Crippen LogP contribution in [0.3, 0.4) is 0 Å². The van der Waals surface area contributed by atoms with Crippen molar-refractivity contribution in [2.45, 2.75) is 17.7 Å². The van der Waals surface area contributed by atoms with Crippen LogP contribution in [0.1, 0.15) is 11.1 Å². The van der Waals surface area contributed by atoms with Crippen molar-refractivity contribution in [3.8, 4) is 0 Å². The summed E-state index contributed by atoms with van der Waals surface area (Å²) < 4.78 is 22.9. The van der Waals surface area contributed by atoms with Gasteiger partial charge < -0.3 is 0 Å². The molecule has 4 heteroatoms. The summed E-state index contributed by atoms with van der Waals surface area (Å²) in [4.78, 5) is 0.223. The number of primary sulfonamides is 1. The maximum absolute atomic E-state index is 11.4. The molecule has 2 rings (SSSR count). The molecule has 0 atom stereocenters. The molecule has 18 heavy (non-hydrogen) atoms. The number of nitrogens with two attached hydrogens (primary N) is 1. The Bertz CT molecular complexity index is 621. The van der Waals surface area contributed by atoms with Gasteiger partial charge in [0, 0.05) is 0 Å². The number of benzene rings is 2. The van der Waals surface area contributed by atoms with E-state index in [1.54, 1.807) is 12.1 Å². The fraction of sp³-hybridized carbons (Fsp3) is 0.143. The van der Waals surface area contributed by atoms with Gasteiger partial charge in [0.1, 0.15) is 0 Å². The van der Waals surface area contributed by atoms with Gasteiger partial charge in [0.05, 0.1) is 4.90 Å². The van der Waals surface area contributed by atoms with Gasteiger partial charge in [-0.05, 0) is 30.0 Å². The lowest BCUT2D eigenvalue weighted by molar-refractivity contribution is 0.596. The Morgan fingerprint density at radius 2 is 1.44 bits per heavy atom. The Hall–Kier alpha value is -1.65. The van der Waals surface area contributed by atoms with Crippen molar-refractivity contribution in [1.82, 2.24) is 0 Å². The minimum absolute atomic E-state index is 0.223. The minimum atomic E-state index is -3.64. The molecular formula is C14H15NO2S. The number of hydrogen-bond donors (Lipinski definition) is 1. The predicted molar refractivity (Wildman–Crippen MR) is 71.7 cm³/mol. The van der Waals surface area contributed by atoms with Gasteiger partial charge in [0.25, 0.3) is 0 Å². The lowest BCUT2D eigenvalue weighted by Gasteiger charge is -2.07. The Morgan fingerprint density at radius 3 is 2.11 bits per heavy atom. The molecule has 0 aliphatic carbocycles. The van der Waals surface area contributed by atoms with Crippen LogP contribution in [0.2, 0.25) is 0 Å². The van der Waals surface area contributed by atoms with E-state index in [1.807, 2.05) is 42.5 Å². The predicted octanol–water partition coefficient (Wildman–Crippen LogP) is 2.12. The molecular weight excluding hydrogens is 246 g/mol. The monoisotopic (exact) mass is 261 g/mol. The zero-order valence-electron chi connectivity index (χ0n) is 9.91. The van der Waals surface area contributed by atoms with Crippen LogP contribution in [0.25, 0.3) is 0 Å². The largest absolute Gasteiger partial charge is 0.238 e. The maximum atomic E-state index is 11.4. The zero-order valence-corrected chi connectivity index (χ0v) is 10.7. The average Bonchev–Trinajstić information content (AvgIpc) is 2.37. The second-order valence-electron chi connectivity index (χ2n) is 4.14. The molecule has 2 aromatic rings. The molecule has 2 aromatic carbocycles. The van der Waals surface area contributed by atoms with Crippen LogP contribution in [0.4, 0.5) is 0 Å². The third-order valence-electron chi connectivity index (χ3n) is 2.80. The summed E-state index contributed by atoms with van der Waals surface area (Å²) in [6.07, 6.45) is 1.46. The first-order chi connectivity index (χ1) is 8.57. The van der Waals surface area contributed by atoms with Crippen molar-refractivity contribution < 1.29 is 8.42 Å². The standard InChI is InChI=1S/C14H15NO2S/c15-18(16,17)14-9-5-4-8-13(14)11-10-12-6-2-1-3-7-12/h1-9H,10-11H2,(H2,15,16,17). The third-order valence-corrected chi connectivity index (χ3v) is 3.82. The molecule has 0 amide bonds. The number of rotatable bonds is 4. The molecule has 2 N–H and O–H groups in total. The van der Waals surface area contributed by atoms with E-state index in [2.05, 4.69) is 0 Å². The van der Waals surface area contributed by atoms with Crippen molar-refractivity contribution in [1.29, 1.82) is 0 Å². The van der Waals surface area contributed by atoms with Crippen LogP contribution in [0.5, 0.6) is 0 Å². The summed E-state index contributed by atoms with van der Waals surface area (Å²) >= 11 is 0. The van der Waals surface area contributed by atoms with E-state index >= 15 is 0 Å². The molecule has 0 saturated carbocycles. The minimum Gasteiger partial charge on any atom is -0.225 e. The van der Waals surface area contributed by atoms with Crippen molar-refractivity contribution in [3.05, 3.63) is 65.7 Å². The van der Waals surface area contributed by atoms with Gasteiger partial charge in [-0.2, -0.15) is 0 Å². The molecule has 0 radical (unpaired) electrons. The maximum Gasteiger partial charge on any atom is 0.238 e. The molecule has 0 spiro atoms. The molecule has 0 aliphatic heterocycles. The normalized spacial score (nSPS) is 11.4. The number of hydrogen-bond acceptors (Lipinski definition) is 2. The first-order valence-electron chi connectivity index (χ1n) is 5.72. The zero-order chi connectivity index (χ0) is 13.0. The second kappa shape index (κ2) is 5.33. The third kappa shape index (κ3) is 3.18. The summed E-state index contributed by atoms with van der Waals surface area (Å²) in [7, 11) is -3.64. The highest BCUT2D eigenvalue weighted by atomic mass is 32.2. The topological polar surface area (TPSA) is 60.2 Å². The van der Waals surface area contributed by atoms with Crippen LogP contribution in [0.15, 0.2) is 59.5 Å². The molecule has 0 aromatic heterocycles. The molecule has 3 nitrogen and oxygen atoms in total. The first kappa shape index (κ1) is 12.8. The Morgan fingerprint density at radius 1 is 0.833 bits per heavy atom. The van der Waals surface area contributed by atoms with Gasteiger partial charge in [-0.3, -0.25) is 0 Å². The van der Waals surface area contributed by atoms with Crippen molar-refractivity contribution >= 4 is 10.0 Å². The fourth-order valence-corrected chi connectivity index (χ4v) is 2.72. The molecule has 0 bridgehead atoms. The second-order valence-corrected chi connectivity index (χ2v) is 5.67. The van der Waals surface area contributed by atoms with E-state index in [-0.39, 0.29) is 4.90 Å². The van der Waals surface area contributed by atoms with Crippen LogP contribution < -0.4 is 5.14 Å². The van der Waals surface area contributed by atoms with Crippen molar-refractivity contribution in [3.63, 3.8) is 0 Å². The highest BCUT2D eigenvalue weighted by molar-refractivity contribution is 7.89. The van der Waals surface area contributed by atoms with E-state index in [4.69, 9.17) is 5.14 Å². The fourth-order valence-electron chi connectivity index (χ4n) is 1.91. The van der Waals surface area contributed by atoms with E-state index in [9.17, 15) is 8.42 Å². The molecule has 0 saturated heterocycles. The summed E-state index contributed by atoms with van der Waals surface area (Å²) in [5, 5.41) is 5.20. The van der Waals surface area contributed by atoms with E-state index < -0.39 is 10.0 Å². The number of aryl methyl sites for hydroxylation is 2. The van der Waals surface area contributed by atoms with Crippen LogP contribution >= 0.6 is 0 Å². The number of sulfonamides is 1. The summed E-state index contributed by atoms with van der Waals surface area (Å²) in [6, 6.07) is 16.8. The lowest BCUT2D eigenvalue weighted by atomic mass is 10.0. The van der Waals surface area contributed by atoms with Gasteiger partial charge in [0.2, 0.25) is 10.0 Å². The highest BCUT2D eigenvalue weighted by Crippen LogP contribution is 2.16. The van der Waals surface area contributed by atoms with Gasteiger partial charge in [-0.15, -0.1) is 0 Å². The smallest absolute Gasteiger partial charge is 0.225 e. The van der Waals surface area contributed by atoms with Crippen LogP contribution in [-0.4, -0.2) is 8.42 Å². The van der Waals surface area contributed by atoms with Gasteiger partial charge >= 0.3 is 0 Å². The van der Waals surface area contributed by atoms with E-state index in [1.165, 1.54) is 5.56 Å². The highest BCUT2D eigenvalue weighted by Gasteiger charge is 2.12. The SMILES string of the molecule is NS(=O)(=O)c1ccccc1CCc1ccccc1. The molecule has 0 aliphatic rings. The van der Waals surface area contributed by atoms with Crippen molar-refractivity contribution in [2.24, 2.45) is 5.14 Å². The van der Waals surface area contributed by atoms with Gasteiger partial charge in [-0.1, -0.05) is 48.5 Å². The summed E-state index contributed by atoms with van der Waals surface area (Å²) in [6.45, 7) is 0. The van der Waals surface area contributed by atoms with Gasteiger partial charge in [-0.25, -0.2) is 13.6 Å². The van der Waals surface area contributed by atoms with E-state index in [0.717, 1.165) is 12.0 Å². The van der Waals surface area contributed by atoms with E-state index in [0.29, 0.717) is 6.42 Å². The first-order valence-corrected chi connectivity index (χ1v) is 7.26. The summed E-state index contributed by atoms with van der Waals surface area (Å²) in [5.41, 5.74) is 1.95. The van der Waals surface area contributed by atoms with Crippen LogP contribution in [-0.2, 0) is 22.9 Å². The lowest BCUT2D eigenvalue weighted by Crippen LogP contribution is -2.14. The Labute approximate surface area is 107 Å². The van der Waals surface area contributed by atoms with Gasteiger partial charge in [0.15, 0.2) is 0 Å². The summed E-state index contributed by atoms with van der Waals surface area (Å²) in [5.74, 6) is 0. The molecule has 94 valence electrons. The van der Waals surface area contributed by atoms with Crippen LogP contribution in [0, 0.1) is 0 Å².